The van der Waals surface area contributed by atoms with Crippen LogP contribution in [-0.4, -0.2) is 38.1 Å². The smallest absolute Gasteiger partial charge is 0.293 e. The van der Waals surface area contributed by atoms with Crippen molar-refractivity contribution in [1.29, 1.82) is 0 Å². The maximum Gasteiger partial charge on any atom is 0.293 e. The fourth-order valence-electron chi connectivity index (χ4n) is 2.28. The maximum atomic E-state index is 12.2. The Labute approximate surface area is 148 Å². The lowest BCUT2D eigenvalue weighted by Crippen LogP contribution is -2.31. The van der Waals surface area contributed by atoms with Gasteiger partial charge in [-0.25, -0.2) is 0 Å². The zero-order chi connectivity index (χ0) is 18.2. The number of ether oxygens (including phenoxy) is 2. The van der Waals surface area contributed by atoms with Gasteiger partial charge >= 0.3 is 0 Å². The number of piperidine rings is 1. The minimum absolute atomic E-state index is 0.126. The number of ketones is 1. The molecule has 2 rings (SSSR count). The quantitative estimate of drug-likeness (QED) is 0.661. The van der Waals surface area contributed by atoms with Gasteiger partial charge in [-0.1, -0.05) is 11.6 Å². The Morgan fingerprint density at radius 3 is 2.33 bits per heavy atom. The third-order valence-electron chi connectivity index (χ3n) is 3.55. The molecule has 0 bridgehead atoms. The molecular formula is C18H26ClNO4. The van der Waals surface area contributed by atoms with Crippen LogP contribution in [0.1, 0.15) is 44.0 Å². The van der Waals surface area contributed by atoms with Crippen molar-refractivity contribution < 1.29 is 19.1 Å². The standard InChI is InChI=1S/C13H16ClNO2.C5H10O2/c1-17-12-3-2-10(8-11(12)14)13(16)9-4-6-15-7-5-9;1-5(2,3)7-4-6/h2-3,8-9,15H,4-7H2,1H3;4H,1-3H3. The van der Waals surface area contributed by atoms with Gasteiger partial charge in [0.15, 0.2) is 5.78 Å². The van der Waals surface area contributed by atoms with Gasteiger partial charge in [-0.3, -0.25) is 9.59 Å². The van der Waals surface area contributed by atoms with Gasteiger partial charge in [0.1, 0.15) is 11.4 Å². The molecular weight excluding hydrogens is 330 g/mol. The number of nitrogens with one attached hydrogen (secondary N) is 1. The molecule has 1 aromatic rings. The van der Waals surface area contributed by atoms with Crippen LogP contribution < -0.4 is 10.1 Å². The molecule has 5 nitrogen and oxygen atoms in total. The van der Waals surface area contributed by atoms with Crippen molar-refractivity contribution >= 4 is 23.9 Å². The van der Waals surface area contributed by atoms with E-state index in [4.69, 9.17) is 16.3 Å². The van der Waals surface area contributed by atoms with Gasteiger partial charge in [0.25, 0.3) is 6.47 Å². The Morgan fingerprint density at radius 1 is 1.29 bits per heavy atom. The molecule has 1 aromatic carbocycles. The van der Waals surface area contributed by atoms with Gasteiger partial charge in [0.2, 0.25) is 0 Å². The summed E-state index contributed by atoms with van der Waals surface area (Å²) in [4.78, 5) is 21.8. The fourth-order valence-corrected chi connectivity index (χ4v) is 2.54. The van der Waals surface area contributed by atoms with E-state index in [2.05, 4.69) is 10.1 Å². The Balaban J connectivity index is 0.000000351. The van der Waals surface area contributed by atoms with Crippen molar-refractivity contribution in [3.8, 4) is 5.75 Å². The number of carbonyl (C=O) groups excluding carboxylic acids is 2. The number of rotatable bonds is 4. The van der Waals surface area contributed by atoms with Crippen molar-refractivity contribution in [2.75, 3.05) is 20.2 Å². The van der Waals surface area contributed by atoms with Crippen LogP contribution in [0.4, 0.5) is 0 Å². The van der Waals surface area contributed by atoms with Crippen LogP contribution in [0.15, 0.2) is 18.2 Å². The molecule has 0 spiro atoms. The average molecular weight is 356 g/mol. The average Bonchev–Trinajstić information content (AvgIpc) is 2.54. The van der Waals surface area contributed by atoms with Gasteiger partial charge in [-0.2, -0.15) is 0 Å². The first-order chi connectivity index (χ1) is 11.3. The highest BCUT2D eigenvalue weighted by Crippen LogP contribution is 2.27. The summed E-state index contributed by atoms with van der Waals surface area (Å²) in [6, 6.07) is 5.23. The van der Waals surface area contributed by atoms with Crippen LogP contribution >= 0.6 is 11.6 Å². The van der Waals surface area contributed by atoms with E-state index in [9.17, 15) is 9.59 Å². The van der Waals surface area contributed by atoms with Crippen molar-refractivity contribution in [1.82, 2.24) is 5.32 Å². The lowest BCUT2D eigenvalue weighted by molar-refractivity contribution is -0.138. The number of hydrogen-bond donors (Lipinski definition) is 1. The molecule has 1 heterocycles. The van der Waals surface area contributed by atoms with Gasteiger partial charge < -0.3 is 14.8 Å². The molecule has 6 heteroatoms. The Kier molecular flexibility index (Phi) is 8.22. The van der Waals surface area contributed by atoms with E-state index in [-0.39, 0.29) is 17.3 Å². The Bertz CT molecular complexity index is 548. The van der Waals surface area contributed by atoms with E-state index < -0.39 is 0 Å². The molecule has 1 aliphatic heterocycles. The highest BCUT2D eigenvalue weighted by Gasteiger charge is 2.22. The van der Waals surface area contributed by atoms with Crippen molar-refractivity contribution in [2.24, 2.45) is 5.92 Å². The highest BCUT2D eigenvalue weighted by atomic mass is 35.5. The normalized spacial score (nSPS) is 15.0. The van der Waals surface area contributed by atoms with E-state index in [1.807, 2.05) is 20.8 Å². The summed E-state index contributed by atoms with van der Waals surface area (Å²) >= 11 is 6.02. The lowest BCUT2D eigenvalue weighted by Gasteiger charge is -2.21. The third-order valence-corrected chi connectivity index (χ3v) is 3.84. The molecule has 0 amide bonds. The summed E-state index contributed by atoms with van der Waals surface area (Å²) in [6.07, 6.45) is 1.81. The molecule has 24 heavy (non-hydrogen) atoms. The van der Waals surface area contributed by atoms with Crippen LogP contribution in [0.5, 0.6) is 5.75 Å². The topological polar surface area (TPSA) is 64.6 Å². The molecule has 0 aliphatic carbocycles. The molecule has 0 saturated carbocycles. The first-order valence-corrected chi connectivity index (χ1v) is 8.36. The van der Waals surface area contributed by atoms with Crippen LogP contribution in [0.25, 0.3) is 0 Å². The van der Waals surface area contributed by atoms with Crippen LogP contribution in [0.3, 0.4) is 0 Å². The van der Waals surface area contributed by atoms with Gasteiger partial charge in [-0.15, -0.1) is 0 Å². The molecule has 0 unspecified atom stereocenters. The zero-order valence-electron chi connectivity index (χ0n) is 14.7. The Hall–Kier alpha value is -1.59. The number of halogens is 1. The molecule has 1 fully saturated rings. The number of methoxy groups -OCH3 is 1. The van der Waals surface area contributed by atoms with Gasteiger partial charge in [0.05, 0.1) is 12.1 Å². The highest BCUT2D eigenvalue weighted by molar-refractivity contribution is 6.32. The second kappa shape index (κ2) is 9.64. The summed E-state index contributed by atoms with van der Waals surface area (Å²) < 4.78 is 9.62. The number of Topliss-reactive ketones (excluding diaryl/α,β-unsaturated/α-hetero) is 1. The van der Waals surface area contributed by atoms with Crippen molar-refractivity contribution in [3.63, 3.8) is 0 Å². The van der Waals surface area contributed by atoms with E-state index in [1.165, 1.54) is 0 Å². The number of carbonyl (C=O) groups is 2. The van der Waals surface area contributed by atoms with Crippen molar-refractivity contribution in [2.45, 2.75) is 39.2 Å². The SMILES string of the molecule is CC(C)(C)OC=O.COc1ccc(C(=O)C2CCNCC2)cc1Cl. The van der Waals surface area contributed by atoms with E-state index in [0.717, 1.165) is 25.9 Å². The minimum Gasteiger partial charge on any atom is -0.495 e. The third kappa shape index (κ3) is 6.89. The first-order valence-electron chi connectivity index (χ1n) is 7.98. The minimum atomic E-state index is -0.318. The monoisotopic (exact) mass is 355 g/mol. The van der Waals surface area contributed by atoms with E-state index in [0.29, 0.717) is 22.8 Å². The van der Waals surface area contributed by atoms with E-state index >= 15 is 0 Å². The predicted molar refractivity (Wildman–Crippen MR) is 94.8 cm³/mol. The second-order valence-electron chi connectivity index (χ2n) is 6.56. The lowest BCUT2D eigenvalue weighted by atomic mass is 9.90. The molecule has 134 valence electrons. The largest absolute Gasteiger partial charge is 0.495 e. The van der Waals surface area contributed by atoms with Gasteiger partial charge in [-0.05, 0) is 64.9 Å². The fraction of sp³-hybridized carbons (Fsp3) is 0.556. The zero-order valence-corrected chi connectivity index (χ0v) is 15.5. The van der Waals surface area contributed by atoms with E-state index in [1.54, 1.807) is 25.3 Å². The van der Waals surface area contributed by atoms with Crippen LogP contribution in [-0.2, 0) is 9.53 Å². The molecule has 0 radical (unpaired) electrons. The summed E-state index contributed by atoms with van der Waals surface area (Å²) in [6.45, 7) is 7.75. The summed E-state index contributed by atoms with van der Waals surface area (Å²) in [5.74, 6) is 0.922. The summed E-state index contributed by atoms with van der Waals surface area (Å²) in [7, 11) is 1.56. The molecule has 0 aromatic heterocycles. The second-order valence-corrected chi connectivity index (χ2v) is 6.97. The Morgan fingerprint density at radius 2 is 1.92 bits per heavy atom. The van der Waals surface area contributed by atoms with Crippen molar-refractivity contribution in [3.05, 3.63) is 28.8 Å². The number of benzene rings is 1. The van der Waals surface area contributed by atoms with Crippen LogP contribution in [0.2, 0.25) is 5.02 Å². The molecule has 1 aliphatic rings. The molecule has 1 saturated heterocycles. The molecule has 0 atom stereocenters. The van der Waals surface area contributed by atoms with Crippen LogP contribution in [0, 0.1) is 5.92 Å². The first kappa shape index (κ1) is 20.5. The van der Waals surface area contributed by atoms with Gasteiger partial charge in [0, 0.05) is 11.5 Å². The number of hydrogen-bond acceptors (Lipinski definition) is 5. The predicted octanol–water partition coefficient (Wildman–Crippen LogP) is 3.49. The maximum absolute atomic E-state index is 12.2. The summed E-state index contributed by atoms with van der Waals surface area (Å²) in [5.41, 5.74) is 0.365. The summed E-state index contributed by atoms with van der Waals surface area (Å²) in [5, 5.41) is 3.75. The molecule has 1 N–H and O–H groups in total.